The molecule has 0 saturated heterocycles. The molecule has 2 N–H and O–H groups in total. The molecular weight excluding hydrogens is 342 g/mol. The summed E-state index contributed by atoms with van der Waals surface area (Å²) < 4.78 is 7.76. The Labute approximate surface area is 159 Å². The molecule has 0 radical (unpaired) electrons. The molecule has 1 fully saturated rings. The van der Waals surface area contributed by atoms with Crippen molar-refractivity contribution in [2.75, 3.05) is 13.7 Å². The van der Waals surface area contributed by atoms with Crippen molar-refractivity contribution in [1.82, 2.24) is 30.4 Å². The minimum Gasteiger partial charge on any atom is -0.477 e. The molecule has 1 aliphatic carbocycles. The van der Waals surface area contributed by atoms with Crippen LogP contribution >= 0.6 is 0 Å². The van der Waals surface area contributed by atoms with Crippen LogP contribution in [0.3, 0.4) is 0 Å². The van der Waals surface area contributed by atoms with Gasteiger partial charge >= 0.3 is 0 Å². The summed E-state index contributed by atoms with van der Waals surface area (Å²) in [6.07, 6.45) is 6.45. The first-order chi connectivity index (χ1) is 13.2. The molecule has 2 aliphatic rings. The van der Waals surface area contributed by atoms with Crippen molar-refractivity contribution in [3.05, 3.63) is 35.5 Å². The van der Waals surface area contributed by atoms with Crippen LogP contribution in [0.25, 0.3) is 0 Å². The number of aliphatic imine (C=N–C) groups is 1. The molecule has 2 aromatic heterocycles. The molecule has 144 valence electrons. The second-order valence-corrected chi connectivity index (χ2v) is 7.26. The third-order valence-corrected chi connectivity index (χ3v) is 4.94. The molecular formula is C19H27N7O. The monoisotopic (exact) mass is 369 g/mol. The van der Waals surface area contributed by atoms with Gasteiger partial charge in [-0.25, -0.2) is 14.6 Å². The molecule has 1 unspecified atom stereocenters. The summed E-state index contributed by atoms with van der Waals surface area (Å²) >= 11 is 0. The Hall–Kier alpha value is -2.64. The average molecular weight is 369 g/mol. The van der Waals surface area contributed by atoms with Crippen LogP contribution in [0.15, 0.2) is 23.3 Å². The van der Waals surface area contributed by atoms with E-state index < -0.39 is 0 Å². The highest BCUT2D eigenvalue weighted by molar-refractivity contribution is 5.80. The van der Waals surface area contributed by atoms with Crippen LogP contribution in [0.1, 0.15) is 48.9 Å². The van der Waals surface area contributed by atoms with Crippen LogP contribution in [0.2, 0.25) is 0 Å². The SMILES string of the molecule is CN=C(NCc1ccnc(OCC2CC2)c1)NC1CCCn2nc(C)nc21. The van der Waals surface area contributed by atoms with E-state index in [0.717, 1.165) is 55.1 Å². The van der Waals surface area contributed by atoms with Gasteiger partial charge in [-0.2, -0.15) is 5.10 Å². The summed E-state index contributed by atoms with van der Waals surface area (Å²) in [6.45, 7) is 4.29. The van der Waals surface area contributed by atoms with E-state index >= 15 is 0 Å². The van der Waals surface area contributed by atoms with Gasteiger partial charge in [-0.05, 0) is 50.2 Å². The Kier molecular flexibility index (Phi) is 5.22. The van der Waals surface area contributed by atoms with Gasteiger partial charge in [-0.15, -0.1) is 0 Å². The van der Waals surface area contributed by atoms with E-state index in [9.17, 15) is 0 Å². The van der Waals surface area contributed by atoms with Crippen LogP contribution in [0.4, 0.5) is 0 Å². The number of nitrogens with zero attached hydrogens (tertiary/aromatic N) is 5. The molecule has 0 aromatic carbocycles. The molecule has 1 atom stereocenters. The topological polar surface area (TPSA) is 89.3 Å². The quantitative estimate of drug-likeness (QED) is 0.598. The largest absolute Gasteiger partial charge is 0.477 e. The Morgan fingerprint density at radius 2 is 2.26 bits per heavy atom. The summed E-state index contributed by atoms with van der Waals surface area (Å²) in [5, 5.41) is 11.3. The number of pyridine rings is 1. The van der Waals surface area contributed by atoms with Gasteiger partial charge in [0.2, 0.25) is 5.88 Å². The predicted molar refractivity (Wildman–Crippen MR) is 103 cm³/mol. The first kappa shape index (κ1) is 17.8. The highest BCUT2D eigenvalue weighted by atomic mass is 16.5. The van der Waals surface area contributed by atoms with Gasteiger partial charge in [0.25, 0.3) is 0 Å². The number of nitrogens with one attached hydrogen (secondary N) is 2. The first-order valence-electron chi connectivity index (χ1n) is 9.67. The number of hydrogen-bond acceptors (Lipinski definition) is 5. The molecule has 1 saturated carbocycles. The van der Waals surface area contributed by atoms with Crippen molar-refractivity contribution < 1.29 is 4.74 Å². The molecule has 8 nitrogen and oxygen atoms in total. The Bertz CT molecular complexity index is 812. The summed E-state index contributed by atoms with van der Waals surface area (Å²) in [7, 11) is 1.78. The predicted octanol–water partition coefficient (Wildman–Crippen LogP) is 1.97. The Balaban J connectivity index is 1.34. The van der Waals surface area contributed by atoms with E-state index in [-0.39, 0.29) is 6.04 Å². The van der Waals surface area contributed by atoms with Crippen LogP contribution in [-0.4, -0.2) is 39.4 Å². The molecule has 0 bridgehead atoms. The molecule has 4 rings (SSSR count). The van der Waals surface area contributed by atoms with Gasteiger partial charge < -0.3 is 15.4 Å². The smallest absolute Gasteiger partial charge is 0.213 e. The lowest BCUT2D eigenvalue weighted by molar-refractivity contribution is 0.288. The number of rotatable bonds is 6. The summed E-state index contributed by atoms with van der Waals surface area (Å²) in [5.41, 5.74) is 1.11. The van der Waals surface area contributed by atoms with Crippen LogP contribution < -0.4 is 15.4 Å². The van der Waals surface area contributed by atoms with E-state index in [2.05, 4.69) is 30.7 Å². The minimum atomic E-state index is 0.126. The van der Waals surface area contributed by atoms with Gasteiger partial charge in [0, 0.05) is 32.4 Å². The molecule has 2 aromatic rings. The summed E-state index contributed by atoms with van der Waals surface area (Å²) in [4.78, 5) is 13.2. The number of ether oxygens (including phenoxy) is 1. The highest BCUT2D eigenvalue weighted by Crippen LogP contribution is 2.29. The average Bonchev–Trinajstić information content (AvgIpc) is 3.43. The maximum absolute atomic E-state index is 5.76. The third kappa shape index (κ3) is 4.56. The zero-order valence-corrected chi connectivity index (χ0v) is 16.0. The van der Waals surface area contributed by atoms with E-state index in [1.807, 2.05) is 23.7 Å². The summed E-state index contributed by atoms with van der Waals surface area (Å²) in [6, 6.07) is 4.11. The Morgan fingerprint density at radius 3 is 3.07 bits per heavy atom. The van der Waals surface area contributed by atoms with Crippen molar-refractivity contribution in [3.8, 4) is 5.88 Å². The number of hydrogen-bond donors (Lipinski definition) is 2. The van der Waals surface area contributed by atoms with Crippen molar-refractivity contribution in [1.29, 1.82) is 0 Å². The fourth-order valence-corrected chi connectivity index (χ4v) is 3.28. The number of fused-ring (bicyclic) bond motifs is 1. The van der Waals surface area contributed by atoms with Gasteiger partial charge in [0.1, 0.15) is 11.6 Å². The van der Waals surface area contributed by atoms with Gasteiger partial charge in [0.15, 0.2) is 5.96 Å². The van der Waals surface area contributed by atoms with Gasteiger partial charge in [-0.1, -0.05) is 0 Å². The van der Waals surface area contributed by atoms with Gasteiger partial charge in [0.05, 0.1) is 12.6 Å². The third-order valence-electron chi connectivity index (χ3n) is 4.94. The second-order valence-electron chi connectivity index (χ2n) is 7.26. The Morgan fingerprint density at radius 1 is 1.37 bits per heavy atom. The molecule has 0 spiro atoms. The van der Waals surface area contributed by atoms with Gasteiger partial charge in [-0.3, -0.25) is 4.99 Å². The first-order valence-corrected chi connectivity index (χ1v) is 9.67. The van der Waals surface area contributed by atoms with Crippen LogP contribution in [0, 0.1) is 12.8 Å². The molecule has 1 aliphatic heterocycles. The molecule has 27 heavy (non-hydrogen) atoms. The molecule has 8 heteroatoms. The summed E-state index contributed by atoms with van der Waals surface area (Å²) in [5.74, 6) is 3.97. The lowest BCUT2D eigenvalue weighted by Gasteiger charge is -2.25. The lowest BCUT2D eigenvalue weighted by Crippen LogP contribution is -2.41. The standard InChI is InChI=1S/C19H27N7O/c1-13-23-18-16(4-3-9-26(18)25-13)24-19(20-2)22-11-15-7-8-21-17(10-15)27-12-14-5-6-14/h7-8,10,14,16H,3-6,9,11-12H2,1-2H3,(H2,20,22,24). The van der Waals surface area contributed by atoms with Crippen molar-refractivity contribution in [2.45, 2.75) is 51.7 Å². The fraction of sp³-hybridized carbons (Fsp3) is 0.579. The fourth-order valence-electron chi connectivity index (χ4n) is 3.28. The second kappa shape index (κ2) is 7.94. The highest BCUT2D eigenvalue weighted by Gasteiger charge is 2.24. The van der Waals surface area contributed by atoms with E-state index in [4.69, 9.17) is 4.74 Å². The number of aryl methyl sites for hydroxylation is 2. The van der Waals surface area contributed by atoms with Crippen molar-refractivity contribution >= 4 is 5.96 Å². The lowest BCUT2D eigenvalue weighted by atomic mass is 10.1. The molecule has 0 amide bonds. The minimum absolute atomic E-state index is 0.126. The van der Waals surface area contributed by atoms with Crippen LogP contribution in [0.5, 0.6) is 5.88 Å². The van der Waals surface area contributed by atoms with Crippen molar-refractivity contribution in [3.63, 3.8) is 0 Å². The van der Waals surface area contributed by atoms with E-state index in [0.29, 0.717) is 12.4 Å². The van der Waals surface area contributed by atoms with E-state index in [1.165, 1.54) is 12.8 Å². The number of aromatic nitrogens is 4. The number of guanidine groups is 1. The zero-order valence-electron chi connectivity index (χ0n) is 16.0. The maximum atomic E-state index is 5.76. The zero-order chi connectivity index (χ0) is 18.6. The maximum Gasteiger partial charge on any atom is 0.213 e. The normalized spacial score (nSPS) is 19.5. The van der Waals surface area contributed by atoms with Crippen LogP contribution in [-0.2, 0) is 13.1 Å². The van der Waals surface area contributed by atoms with Crippen molar-refractivity contribution in [2.24, 2.45) is 10.9 Å². The molecule has 3 heterocycles. The van der Waals surface area contributed by atoms with E-state index in [1.54, 1.807) is 13.2 Å².